The van der Waals surface area contributed by atoms with Crippen molar-refractivity contribution in [3.63, 3.8) is 0 Å². The molecule has 0 unspecified atom stereocenters. The molecule has 1 aromatic heterocycles. The van der Waals surface area contributed by atoms with Gasteiger partial charge in [-0.3, -0.25) is 14.7 Å². The minimum absolute atomic E-state index is 0.00853. The van der Waals surface area contributed by atoms with Crippen LogP contribution in [0.2, 0.25) is 0 Å². The number of nitrogens with zero attached hydrogens (tertiary/aromatic N) is 2. The average molecular weight is 416 g/mol. The van der Waals surface area contributed by atoms with Gasteiger partial charge >= 0.3 is 0 Å². The smallest absolute Gasteiger partial charge is 0.246 e. The van der Waals surface area contributed by atoms with Crippen LogP contribution in [0, 0.1) is 6.92 Å². The SMILES string of the molecule is CNC(=O)[C@]1(c2cccc(C)n2)CCCN1Cc1ccccc1OCc1ccccc1. The number of aryl methyl sites for hydroxylation is 1. The topological polar surface area (TPSA) is 54.5 Å². The summed E-state index contributed by atoms with van der Waals surface area (Å²) in [6, 6.07) is 24.2. The van der Waals surface area contributed by atoms with E-state index in [9.17, 15) is 4.79 Å². The summed E-state index contributed by atoms with van der Waals surface area (Å²) in [5, 5.41) is 2.89. The van der Waals surface area contributed by atoms with Gasteiger partial charge in [-0.25, -0.2) is 0 Å². The van der Waals surface area contributed by atoms with E-state index in [2.05, 4.69) is 28.4 Å². The van der Waals surface area contributed by atoms with E-state index in [-0.39, 0.29) is 5.91 Å². The van der Waals surface area contributed by atoms with Crippen LogP contribution >= 0.6 is 0 Å². The van der Waals surface area contributed by atoms with E-state index in [0.29, 0.717) is 13.2 Å². The van der Waals surface area contributed by atoms with E-state index in [1.165, 1.54) is 0 Å². The molecular weight excluding hydrogens is 386 g/mol. The number of aromatic nitrogens is 1. The predicted octanol–water partition coefficient (Wildman–Crippen LogP) is 4.21. The van der Waals surface area contributed by atoms with Crippen molar-refractivity contribution in [2.24, 2.45) is 0 Å². The second-order valence-corrected chi connectivity index (χ2v) is 8.01. The summed E-state index contributed by atoms with van der Waals surface area (Å²) >= 11 is 0. The molecule has 1 aliphatic heterocycles. The summed E-state index contributed by atoms with van der Waals surface area (Å²) in [7, 11) is 1.70. The molecular formula is C26H29N3O2. The van der Waals surface area contributed by atoms with Gasteiger partial charge in [0.1, 0.15) is 17.9 Å². The Balaban J connectivity index is 1.63. The molecule has 31 heavy (non-hydrogen) atoms. The normalized spacial score (nSPS) is 18.6. The van der Waals surface area contributed by atoms with Crippen LogP contribution in [-0.2, 0) is 23.5 Å². The second kappa shape index (κ2) is 9.31. The molecule has 160 valence electrons. The first-order valence-electron chi connectivity index (χ1n) is 10.8. The highest BCUT2D eigenvalue weighted by atomic mass is 16.5. The maximum atomic E-state index is 13.2. The fourth-order valence-corrected chi connectivity index (χ4v) is 4.45. The van der Waals surface area contributed by atoms with Gasteiger partial charge < -0.3 is 10.1 Å². The lowest BCUT2D eigenvalue weighted by molar-refractivity contribution is -0.132. The summed E-state index contributed by atoms with van der Waals surface area (Å²) in [6.45, 7) is 3.93. The Morgan fingerprint density at radius 2 is 1.84 bits per heavy atom. The molecule has 3 aromatic rings. The van der Waals surface area contributed by atoms with Crippen molar-refractivity contribution >= 4 is 5.91 Å². The molecule has 1 saturated heterocycles. The van der Waals surface area contributed by atoms with Crippen LogP contribution in [-0.4, -0.2) is 29.4 Å². The van der Waals surface area contributed by atoms with Gasteiger partial charge in [0.05, 0.1) is 5.69 Å². The first-order chi connectivity index (χ1) is 15.1. The number of hydrogen-bond acceptors (Lipinski definition) is 4. The summed E-state index contributed by atoms with van der Waals surface area (Å²) in [5.41, 5.74) is 3.16. The standard InChI is InChI=1S/C26H29N3O2/c1-20-10-8-15-24(28-20)26(25(30)27-2)16-9-17-29(26)18-22-13-6-7-14-23(22)31-19-21-11-4-3-5-12-21/h3-8,10-15H,9,16-19H2,1-2H3,(H,27,30)/t26-/m1/s1. The van der Waals surface area contributed by atoms with Gasteiger partial charge in [-0.05, 0) is 50.1 Å². The minimum atomic E-state index is -0.771. The van der Waals surface area contributed by atoms with Crippen molar-refractivity contribution in [2.45, 2.75) is 38.5 Å². The number of likely N-dealkylation sites (tertiary alicyclic amines) is 1. The highest BCUT2D eigenvalue weighted by molar-refractivity contribution is 5.87. The van der Waals surface area contributed by atoms with Crippen LogP contribution in [0.15, 0.2) is 72.8 Å². The van der Waals surface area contributed by atoms with Gasteiger partial charge in [0.2, 0.25) is 5.91 Å². The molecule has 2 heterocycles. The van der Waals surface area contributed by atoms with Crippen molar-refractivity contribution in [1.82, 2.24) is 15.2 Å². The van der Waals surface area contributed by atoms with E-state index >= 15 is 0 Å². The monoisotopic (exact) mass is 415 g/mol. The summed E-state index contributed by atoms with van der Waals surface area (Å²) in [6.07, 6.45) is 1.69. The van der Waals surface area contributed by atoms with Gasteiger partial charge in [-0.1, -0.05) is 54.6 Å². The molecule has 0 spiro atoms. The number of pyridine rings is 1. The van der Waals surface area contributed by atoms with Crippen LogP contribution in [0.4, 0.5) is 0 Å². The molecule has 1 aliphatic rings. The number of hydrogen-bond donors (Lipinski definition) is 1. The van der Waals surface area contributed by atoms with E-state index < -0.39 is 5.54 Å². The Morgan fingerprint density at radius 3 is 2.61 bits per heavy atom. The number of likely N-dealkylation sites (N-methyl/N-ethyl adjacent to an activating group) is 1. The number of ether oxygens (including phenoxy) is 1. The lowest BCUT2D eigenvalue weighted by atomic mass is 9.89. The summed E-state index contributed by atoms with van der Waals surface area (Å²) in [4.78, 5) is 20.2. The third kappa shape index (κ3) is 4.32. The van der Waals surface area contributed by atoms with Crippen molar-refractivity contribution in [3.05, 3.63) is 95.3 Å². The number of carbonyl (C=O) groups is 1. The fourth-order valence-electron chi connectivity index (χ4n) is 4.45. The van der Waals surface area contributed by atoms with Crippen molar-refractivity contribution in [3.8, 4) is 5.75 Å². The molecule has 5 heteroatoms. The summed E-state index contributed by atoms with van der Waals surface area (Å²) in [5.74, 6) is 0.840. The minimum Gasteiger partial charge on any atom is -0.489 e. The molecule has 1 N–H and O–H groups in total. The van der Waals surface area contributed by atoms with Crippen LogP contribution in [0.25, 0.3) is 0 Å². The predicted molar refractivity (Wildman–Crippen MR) is 122 cm³/mol. The molecule has 4 rings (SSSR count). The van der Waals surface area contributed by atoms with Crippen molar-refractivity contribution < 1.29 is 9.53 Å². The van der Waals surface area contributed by atoms with E-state index in [4.69, 9.17) is 9.72 Å². The first kappa shape index (κ1) is 21.1. The molecule has 1 amide bonds. The van der Waals surface area contributed by atoms with Crippen molar-refractivity contribution in [2.75, 3.05) is 13.6 Å². The fraction of sp³-hybridized carbons (Fsp3) is 0.308. The van der Waals surface area contributed by atoms with Crippen LogP contribution in [0.3, 0.4) is 0 Å². The quantitative estimate of drug-likeness (QED) is 0.628. The summed E-state index contributed by atoms with van der Waals surface area (Å²) < 4.78 is 6.17. The maximum Gasteiger partial charge on any atom is 0.246 e. The molecule has 0 saturated carbocycles. The van der Waals surface area contributed by atoms with Crippen LogP contribution < -0.4 is 10.1 Å². The zero-order valence-corrected chi connectivity index (χ0v) is 18.2. The number of benzene rings is 2. The number of para-hydroxylation sites is 1. The van der Waals surface area contributed by atoms with Crippen LogP contribution in [0.5, 0.6) is 5.75 Å². The first-order valence-corrected chi connectivity index (χ1v) is 10.8. The third-order valence-corrected chi connectivity index (χ3v) is 5.99. The highest BCUT2D eigenvalue weighted by Gasteiger charge is 2.49. The number of carbonyl (C=O) groups excluding carboxylic acids is 1. The average Bonchev–Trinajstić information content (AvgIpc) is 3.23. The lowest BCUT2D eigenvalue weighted by Crippen LogP contribution is -2.52. The van der Waals surface area contributed by atoms with E-state index in [0.717, 1.165) is 47.7 Å². The van der Waals surface area contributed by atoms with Crippen molar-refractivity contribution in [1.29, 1.82) is 0 Å². The molecule has 1 fully saturated rings. The molecule has 0 radical (unpaired) electrons. The van der Waals surface area contributed by atoms with Gasteiger partial charge in [-0.15, -0.1) is 0 Å². The van der Waals surface area contributed by atoms with Gasteiger partial charge in [0.15, 0.2) is 0 Å². The Hall–Kier alpha value is -3.18. The number of amides is 1. The van der Waals surface area contributed by atoms with Gasteiger partial charge in [-0.2, -0.15) is 0 Å². The highest BCUT2D eigenvalue weighted by Crippen LogP contribution is 2.40. The Bertz CT molecular complexity index is 1040. The van der Waals surface area contributed by atoms with Crippen LogP contribution in [0.1, 0.15) is 35.4 Å². The van der Waals surface area contributed by atoms with Gasteiger partial charge in [0, 0.05) is 24.8 Å². The van der Waals surface area contributed by atoms with E-state index in [1.54, 1.807) is 7.05 Å². The zero-order chi connectivity index (χ0) is 21.7. The van der Waals surface area contributed by atoms with Gasteiger partial charge in [0.25, 0.3) is 0 Å². The lowest BCUT2D eigenvalue weighted by Gasteiger charge is -2.36. The molecule has 1 atom stereocenters. The molecule has 2 aromatic carbocycles. The largest absolute Gasteiger partial charge is 0.489 e. The van der Waals surface area contributed by atoms with E-state index in [1.807, 2.05) is 61.5 Å². The molecule has 0 aliphatic carbocycles. The number of rotatable bonds is 7. The number of nitrogens with one attached hydrogen (secondary N) is 1. The molecule has 5 nitrogen and oxygen atoms in total. The Labute approximate surface area is 184 Å². The molecule has 0 bridgehead atoms. The zero-order valence-electron chi connectivity index (χ0n) is 18.2. The third-order valence-electron chi connectivity index (χ3n) is 5.99. The second-order valence-electron chi connectivity index (χ2n) is 8.01. The maximum absolute atomic E-state index is 13.2. The Morgan fingerprint density at radius 1 is 1.06 bits per heavy atom. The Kier molecular flexibility index (Phi) is 6.33.